The van der Waals surface area contributed by atoms with Crippen molar-refractivity contribution in [3.05, 3.63) is 35.3 Å². The van der Waals surface area contributed by atoms with E-state index in [0.717, 1.165) is 5.69 Å². The van der Waals surface area contributed by atoms with Crippen molar-refractivity contribution < 1.29 is 4.39 Å². The van der Waals surface area contributed by atoms with E-state index in [2.05, 4.69) is 10.4 Å². The number of aromatic nitrogens is 2. The molecule has 0 saturated heterocycles. The summed E-state index contributed by atoms with van der Waals surface area (Å²) in [6.45, 7) is 5.80. The van der Waals surface area contributed by atoms with Crippen LogP contribution < -0.4 is 11.1 Å². The highest BCUT2D eigenvalue weighted by Gasteiger charge is 2.15. The maximum atomic E-state index is 13.3. The van der Waals surface area contributed by atoms with E-state index in [9.17, 15) is 4.39 Å². The number of nitrogens with one attached hydrogen (secondary N) is 1. The van der Waals surface area contributed by atoms with Crippen molar-refractivity contribution in [2.45, 2.75) is 26.8 Å². The highest BCUT2D eigenvalue weighted by Crippen LogP contribution is 2.29. The van der Waals surface area contributed by atoms with E-state index in [-0.39, 0.29) is 11.6 Å². The molecule has 0 radical (unpaired) electrons. The van der Waals surface area contributed by atoms with Gasteiger partial charge in [0.2, 0.25) is 0 Å². The lowest BCUT2D eigenvalue weighted by atomic mass is 10.2. The van der Waals surface area contributed by atoms with E-state index in [1.807, 2.05) is 26.8 Å². The molecule has 1 aromatic heterocycles. The van der Waals surface area contributed by atoms with Crippen molar-refractivity contribution >= 4 is 17.2 Å². The molecule has 0 spiro atoms. The lowest BCUT2D eigenvalue weighted by Gasteiger charge is -2.13. The number of nitrogen functional groups attached to an aromatic ring is 1. The molecule has 0 unspecified atom stereocenters. The maximum absolute atomic E-state index is 13.3. The molecule has 6 heteroatoms. The lowest BCUT2D eigenvalue weighted by molar-refractivity contribution is 0.536. The highest BCUT2D eigenvalue weighted by atomic mass is 19.1. The number of nitrogens with two attached hydrogens (primary N) is 1. The van der Waals surface area contributed by atoms with Gasteiger partial charge in [0.1, 0.15) is 11.9 Å². The van der Waals surface area contributed by atoms with Crippen molar-refractivity contribution in [2.75, 3.05) is 11.1 Å². The number of aryl methyl sites for hydroxylation is 1. The summed E-state index contributed by atoms with van der Waals surface area (Å²) in [5.74, 6) is 0.104. The summed E-state index contributed by atoms with van der Waals surface area (Å²) in [6, 6.07) is 6.19. The van der Waals surface area contributed by atoms with E-state index in [4.69, 9.17) is 11.0 Å². The summed E-state index contributed by atoms with van der Waals surface area (Å²) in [5.41, 5.74) is 7.85. The zero-order valence-electron chi connectivity index (χ0n) is 11.6. The molecule has 2 aromatic rings. The first-order chi connectivity index (χ1) is 9.43. The first-order valence-electron chi connectivity index (χ1n) is 6.25. The fourth-order valence-corrected chi connectivity index (χ4v) is 1.88. The molecule has 3 N–H and O–H groups in total. The third-order valence-corrected chi connectivity index (χ3v) is 2.97. The van der Waals surface area contributed by atoms with Gasteiger partial charge in [0.15, 0.2) is 5.82 Å². The van der Waals surface area contributed by atoms with Crippen molar-refractivity contribution in [1.82, 2.24) is 9.78 Å². The normalized spacial score (nSPS) is 10.6. The molecule has 0 aliphatic heterocycles. The lowest BCUT2D eigenvalue weighted by Crippen LogP contribution is -2.08. The zero-order chi connectivity index (χ0) is 14.9. The van der Waals surface area contributed by atoms with Gasteiger partial charge in [0.05, 0.1) is 16.9 Å². The summed E-state index contributed by atoms with van der Waals surface area (Å²) >= 11 is 0. The number of benzene rings is 1. The third kappa shape index (κ3) is 2.43. The molecule has 1 heterocycles. The third-order valence-electron chi connectivity index (χ3n) is 2.97. The van der Waals surface area contributed by atoms with Gasteiger partial charge in [-0.2, -0.15) is 10.4 Å². The van der Waals surface area contributed by atoms with Crippen LogP contribution in [0.25, 0.3) is 0 Å². The predicted octanol–water partition coefficient (Wildman–Crippen LogP) is 3.11. The van der Waals surface area contributed by atoms with Crippen LogP contribution in [0.5, 0.6) is 0 Å². The van der Waals surface area contributed by atoms with Crippen LogP contribution in [-0.2, 0) is 0 Å². The van der Waals surface area contributed by atoms with Gasteiger partial charge in [-0.1, -0.05) is 0 Å². The van der Waals surface area contributed by atoms with Gasteiger partial charge in [0, 0.05) is 11.7 Å². The Bertz CT molecular complexity index is 682. The van der Waals surface area contributed by atoms with E-state index < -0.39 is 5.82 Å². The Morgan fingerprint density at radius 1 is 1.45 bits per heavy atom. The largest absolute Gasteiger partial charge is 0.394 e. The molecule has 0 fully saturated rings. The van der Waals surface area contributed by atoms with Gasteiger partial charge in [-0.15, -0.1) is 0 Å². The minimum absolute atomic E-state index is 0.0131. The van der Waals surface area contributed by atoms with Crippen molar-refractivity contribution in [3.63, 3.8) is 0 Å². The summed E-state index contributed by atoms with van der Waals surface area (Å²) in [4.78, 5) is 0. The smallest absolute Gasteiger partial charge is 0.152 e. The van der Waals surface area contributed by atoms with Gasteiger partial charge < -0.3 is 11.1 Å². The van der Waals surface area contributed by atoms with Crippen LogP contribution in [0.4, 0.5) is 21.6 Å². The van der Waals surface area contributed by atoms with Crippen LogP contribution in [0.3, 0.4) is 0 Å². The summed E-state index contributed by atoms with van der Waals surface area (Å²) < 4.78 is 15.1. The molecule has 0 atom stereocenters. The fraction of sp³-hybridized carbons (Fsp3) is 0.286. The Kier molecular flexibility index (Phi) is 3.61. The molecule has 0 aliphatic rings. The number of halogens is 1. The molecule has 2 rings (SSSR count). The molecule has 0 aliphatic carbocycles. The Morgan fingerprint density at radius 2 is 2.15 bits per heavy atom. The van der Waals surface area contributed by atoms with Gasteiger partial charge >= 0.3 is 0 Å². The Balaban J connectivity index is 2.42. The number of rotatable bonds is 3. The van der Waals surface area contributed by atoms with E-state index >= 15 is 0 Å². The summed E-state index contributed by atoms with van der Waals surface area (Å²) in [5, 5.41) is 16.3. The Hall–Kier alpha value is -2.55. The minimum atomic E-state index is -0.542. The molecule has 1 aromatic carbocycles. The monoisotopic (exact) mass is 273 g/mol. The van der Waals surface area contributed by atoms with Crippen molar-refractivity contribution in [1.29, 1.82) is 5.26 Å². The van der Waals surface area contributed by atoms with Crippen LogP contribution in [-0.4, -0.2) is 9.78 Å². The van der Waals surface area contributed by atoms with Crippen LogP contribution >= 0.6 is 0 Å². The number of hydrogen-bond acceptors (Lipinski definition) is 4. The average Bonchev–Trinajstić information content (AvgIpc) is 2.69. The summed E-state index contributed by atoms with van der Waals surface area (Å²) in [6.07, 6.45) is 0. The van der Waals surface area contributed by atoms with Gasteiger partial charge in [0.25, 0.3) is 0 Å². The second kappa shape index (κ2) is 5.21. The number of anilines is 3. The van der Waals surface area contributed by atoms with Crippen molar-refractivity contribution in [3.8, 4) is 6.07 Å². The molecular weight excluding hydrogens is 257 g/mol. The fourth-order valence-electron chi connectivity index (χ4n) is 1.88. The number of nitriles is 1. The molecule has 0 saturated carbocycles. The first-order valence-corrected chi connectivity index (χ1v) is 6.25. The summed E-state index contributed by atoms with van der Waals surface area (Å²) in [7, 11) is 0. The van der Waals surface area contributed by atoms with Crippen LogP contribution in [0, 0.1) is 24.1 Å². The van der Waals surface area contributed by atoms with Gasteiger partial charge in [-0.3, -0.25) is 0 Å². The molecule has 0 bridgehead atoms. The van der Waals surface area contributed by atoms with Crippen LogP contribution in [0.1, 0.15) is 31.1 Å². The topological polar surface area (TPSA) is 79.7 Å². The molecule has 20 heavy (non-hydrogen) atoms. The van der Waals surface area contributed by atoms with Crippen LogP contribution in [0.2, 0.25) is 0 Å². The van der Waals surface area contributed by atoms with Crippen LogP contribution in [0.15, 0.2) is 18.2 Å². The van der Waals surface area contributed by atoms with E-state index in [1.165, 1.54) is 12.1 Å². The second-order valence-corrected chi connectivity index (χ2v) is 4.82. The highest BCUT2D eigenvalue weighted by molar-refractivity contribution is 5.71. The van der Waals surface area contributed by atoms with E-state index in [1.54, 1.807) is 10.7 Å². The molecule has 5 nitrogen and oxygen atoms in total. The van der Waals surface area contributed by atoms with Gasteiger partial charge in [-0.05, 0) is 39.0 Å². The molecule has 104 valence electrons. The Labute approximate surface area is 116 Å². The first kappa shape index (κ1) is 13.9. The van der Waals surface area contributed by atoms with E-state index in [0.29, 0.717) is 17.2 Å². The number of hydrogen-bond donors (Lipinski definition) is 2. The quantitative estimate of drug-likeness (QED) is 0.900. The number of nitrogens with zero attached hydrogens (tertiary/aromatic N) is 3. The Morgan fingerprint density at radius 3 is 2.75 bits per heavy atom. The SMILES string of the molecule is Cc1nn(C(C)C)c(Nc2ccc(F)c(C#N)c2)c1N. The minimum Gasteiger partial charge on any atom is -0.394 e. The molecule has 0 amide bonds. The van der Waals surface area contributed by atoms with Gasteiger partial charge in [-0.25, -0.2) is 9.07 Å². The maximum Gasteiger partial charge on any atom is 0.152 e. The average molecular weight is 273 g/mol. The predicted molar refractivity (Wildman–Crippen MR) is 76.2 cm³/mol. The standard InChI is InChI=1S/C14H16FN5/c1-8(2)20-14(13(17)9(3)19-20)18-11-4-5-12(15)10(6-11)7-16/h4-6,8,18H,17H2,1-3H3. The second-order valence-electron chi connectivity index (χ2n) is 4.82. The molecular formula is C14H16FN5. The zero-order valence-corrected chi connectivity index (χ0v) is 11.6. The van der Waals surface area contributed by atoms with Crippen molar-refractivity contribution in [2.24, 2.45) is 0 Å².